The molecule has 0 aliphatic heterocycles. The number of methoxy groups -OCH3 is 1. The van der Waals surface area contributed by atoms with E-state index < -0.39 is 16.2 Å². The first kappa shape index (κ1) is 19.7. The molecule has 0 unspecified atom stereocenters. The van der Waals surface area contributed by atoms with Crippen LogP contribution in [-0.2, 0) is 20.7 Å². The summed E-state index contributed by atoms with van der Waals surface area (Å²) < 4.78 is 37.0. The number of hydrogen-bond donors (Lipinski definition) is 0. The Hall–Kier alpha value is -2.63. The molecule has 0 saturated carbocycles. The monoisotopic (exact) mass is 408 g/mol. The lowest BCUT2D eigenvalue weighted by Crippen LogP contribution is -2.29. The molecule has 150 valence electrons. The number of ether oxygens (including phenoxy) is 1. The third-order valence-electron chi connectivity index (χ3n) is 5.47. The molecular formula is C24H24O4S. The van der Waals surface area contributed by atoms with Crippen LogP contribution in [0.5, 0.6) is 5.75 Å². The SMILES string of the molecule is COc1cccc2c1C[C@@H](OS(=O)(=O)c1ccc(C)cc1)C[C@H]2c1ccccc1. The largest absolute Gasteiger partial charge is 0.496 e. The highest BCUT2D eigenvalue weighted by Crippen LogP contribution is 2.41. The summed E-state index contributed by atoms with van der Waals surface area (Å²) in [5.74, 6) is 0.817. The summed E-state index contributed by atoms with van der Waals surface area (Å²) in [7, 11) is -2.21. The second-order valence-electron chi connectivity index (χ2n) is 7.42. The van der Waals surface area contributed by atoms with Crippen LogP contribution in [0.2, 0.25) is 0 Å². The summed E-state index contributed by atoms with van der Waals surface area (Å²) in [5, 5.41) is 0. The van der Waals surface area contributed by atoms with Gasteiger partial charge in [0, 0.05) is 17.9 Å². The van der Waals surface area contributed by atoms with Crippen LogP contribution in [0, 0.1) is 6.92 Å². The van der Waals surface area contributed by atoms with Gasteiger partial charge in [0.05, 0.1) is 18.1 Å². The predicted octanol–water partition coefficient (Wildman–Crippen LogP) is 4.86. The van der Waals surface area contributed by atoms with Gasteiger partial charge in [0.25, 0.3) is 10.1 Å². The van der Waals surface area contributed by atoms with Crippen LogP contribution in [0.15, 0.2) is 77.7 Å². The van der Waals surface area contributed by atoms with Crippen molar-refractivity contribution in [1.82, 2.24) is 0 Å². The second-order valence-corrected chi connectivity index (χ2v) is 8.99. The third kappa shape index (κ3) is 4.07. The summed E-state index contributed by atoms with van der Waals surface area (Å²) in [5.41, 5.74) is 4.33. The van der Waals surface area contributed by atoms with Crippen molar-refractivity contribution in [1.29, 1.82) is 0 Å². The highest BCUT2D eigenvalue weighted by Gasteiger charge is 2.33. The van der Waals surface area contributed by atoms with Crippen molar-refractivity contribution in [3.63, 3.8) is 0 Å². The van der Waals surface area contributed by atoms with Gasteiger partial charge in [-0.15, -0.1) is 0 Å². The fourth-order valence-corrected chi connectivity index (χ4v) is 5.12. The molecule has 0 bridgehead atoms. The van der Waals surface area contributed by atoms with Crippen molar-refractivity contribution in [2.75, 3.05) is 7.11 Å². The lowest BCUT2D eigenvalue weighted by atomic mass is 9.77. The molecule has 0 radical (unpaired) electrons. The molecule has 29 heavy (non-hydrogen) atoms. The van der Waals surface area contributed by atoms with Crippen LogP contribution in [-0.4, -0.2) is 21.6 Å². The van der Waals surface area contributed by atoms with E-state index >= 15 is 0 Å². The Morgan fingerprint density at radius 1 is 0.897 bits per heavy atom. The second kappa shape index (κ2) is 8.01. The normalized spacial score (nSPS) is 18.8. The molecule has 5 heteroatoms. The number of fused-ring (bicyclic) bond motifs is 1. The summed E-state index contributed by atoms with van der Waals surface area (Å²) in [4.78, 5) is 0.185. The highest BCUT2D eigenvalue weighted by molar-refractivity contribution is 7.86. The van der Waals surface area contributed by atoms with E-state index in [9.17, 15) is 8.42 Å². The van der Waals surface area contributed by atoms with Crippen molar-refractivity contribution in [2.45, 2.75) is 36.7 Å². The molecule has 0 saturated heterocycles. The molecular weight excluding hydrogens is 384 g/mol. The van der Waals surface area contributed by atoms with Gasteiger partial charge in [-0.2, -0.15) is 8.42 Å². The van der Waals surface area contributed by atoms with E-state index in [0.29, 0.717) is 12.8 Å². The van der Waals surface area contributed by atoms with Gasteiger partial charge in [0.15, 0.2) is 0 Å². The lowest BCUT2D eigenvalue weighted by Gasteiger charge is -2.32. The Bertz CT molecular complexity index is 1090. The van der Waals surface area contributed by atoms with E-state index in [-0.39, 0.29) is 10.8 Å². The first-order valence-electron chi connectivity index (χ1n) is 9.68. The van der Waals surface area contributed by atoms with E-state index in [4.69, 9.17) is 8.92 Å². The molecule has 0 fully saturated rings. The van der Waals surface area contributed by atoms with Crippen LogP contribution in [0.25, 0.3) is 0 Å². The average Bonchev–Trinajstić information content (AvgIpc) is 2.73. The number of benzene rings is 3. The van der Waals surface area contributed by atoms with Crippen molar-refractivity contribution >= 4 is 10.1 Å². The maximum absolute atomic E-state index is 12.9. The minimum Gasteiger partial charge on any atom is -0.496 e. The Labute approximate surface area is 172 Å². The van der Waals surface area contributed by atoms with Gasteiger partial charge in [-0.05, 0) is 42.7 Å². The van der Waals surface area contributed by atoms with Crippen molar-refractivity contribution in [2.24, 2.45) is 0 Å². The number of aryl methyl sites for hydroxylation is 1. The highest BCUT2D eigenvalue weighted by atomic mass is 32.2. The van der Waals surface area contributed by atoms with E-state index in [0.717, 1.165) is 22.4 Å². The molecule has 3 aromatic rings. The van der Waals surface area contributed by atoms with Gasteiger partial charge < -0.3 is 4.74 Å². The zero-order valence-corrected chi connectivity index (χ0v) is 17.4. The van der Waals surface area contributed by atoms with Crippen LogP contribution >= 0.6 is 0 Å². The van der Waals surface area contributed by atoms with Crippen LogP contribution in [0.1, 0.15) is 34.6 Å². The summed E-state index contributed by atoms with van der Waals surface area (Å²) >= 11 is 0. The fourth-order valence-electron chi connectivity index (χ4n) is 4.03. The molecule has 0 N–H and O–H groups in total. The standard InChI is InChI=1S/C24H24O4S/c1-17-11-13-20(14-12-17)29(25,26)28-19-15-22(18-7-4-3-5-8-18)21-9-6-10-24(27-2)23(21)16-19/h3-14,19,22H,15-16H2,1-2H3/t19-,22-/m0/s1. The molecule has 0 heterocycles. The Morgan fingerprint density at radius 3 is 2.31 bits per heavy atom. The van der Waals surface area contributed by atoms with E-state index in [1.807, 2.05) is 37.3 Å². The van der Waals surface area contributed by atoms with Gasteiger partial charge in [0.1, 0.15) is 5.75 Å². The molecule has 3 aromatic carbocycles. The van der Waals surface area contributed by atoms with Gasteiger partial charge in [0.2, 0.25) is 0 Å². The van der Waals surface area contributed by atoms with Crippen LogP contribution < -0.4 is 4.74 Å². The van der Waals surface area contributed by atoms with Gasteiger partial charge in [-0.25, -0.2) is 0 Å². The third-order valence-corrected chi connectivity index (χ3v) is 6.84. The quantitative estimate of drug-likeness (QED) is 0.566. The molecule has 4 nitrogen and oxygen atoms in total. The van der Waals surface area contributed by atoms with Crippen molar-refractivity contribution in [3.05, 3.63) is 95.1 Å². The minimum absolute atomic E-state index is 0.0493. The van der Waals surface area contributed by atoms with E-state index in [1.54, 1.807) is 31.4 Å². The van der Waals surface area contributed by atoms with Crippen molar-refractivity contribution in [3.8, 4) is 5.75 Å². The molecule has 1 aliphatic carbocycles. The Balaban J connectivity index is 1.70. The number of hydrogen-bond acceptors (Lipinski definition) is 4. The summed E-state index contributed by atoms with van der Waals surface area (Å²) in [6.45, 7) is 1.92. The lowest BCUT2D eigenvalue weighted by molar-refractivity contribution is 0.183. The maximum atomic E-state index is 12.9. The molecule has 2 atom stereocenters. The van der Waals surface area contributed by atoms with Crippen molar-refractivity contribution < 1.29 is 17.3 Å². The first-order chi connectivity index (χ1) is 14.0. The zero-order chi connectivity index (χ0) is 20.4. The first-order valence-corrected chi connectivity index (χ1v) is 11.1. The van der Waals surface area contributed by atoms with Crippen LogP contribution in [0.4, 0.5) is 0 Å². The molecule has 0 aromatic heterocycles. The summed E-state index contributed by atoms with van der Waals surface area (Å²) in [6.07, 6.45) is 0.624. The van der Waals surface area contributed by atoms with Gasteiger partial charge >= 0.3 is 0 Å². The predicted molar refractivity (Wildman–Crippen MR) is 113 cm³/mol. The maximum Gasteiger partial charge on any atom is 0.297 e. The fraction of sp³-hybridized carbons (Fsp3) is 0.250. The summed E-state index contributed by atoms with van der Waals surface area (Å²) in [6, 6.07) is 22.9. The van der Waals surface area contributed by atoms with E-state index in [2.05, 4.69) is 18.2 Å². The van der Waals surface area contributed by atoms with E-state index in [1.165, 1.54) is 5.56 Å². The average molecular weight is 409 g/mol. The Kier molecular flexibility index (Phi) is 5.43. The smallest absolute Gasteiger partial charge is 0.297 e. The molecule has 0 spiro atoms. The molecule has 1 aliphatic rings. The Morgan fingerprint density at radius 2 is 1.62 bits per heavy atom. The topological polar surface area (TPSA) is 52.6 Å². The number of rotatable bonds is 5. The minimum atomic E-state index is -3.85. The van der Waals surface area contributed by atoms with Gasteiger partial charge in [-0.1, -0.05) is 60.2 Å². The molecule has 4 rings (SSSR count). The van der Waals surface area contributed by atoms with Crippen LogP contribution in [0.3, 0.4) is 0 Å². The van der Waals surface area contributed by atoms with Gasteiger partial charge in [-0.3, -0.25) is 4.18 Å². The molecule has 0 amide bonds. The zero-order valence-electron chi connectivity index (χ0n) is 16.5.